The molecule has 0 unspecified atom stereocenters. The van der Waals surface area contributed by atoms with E-state index in [0.717, 1.165) is 30.5 Å². The molecule has 3 rings (SSSR count). The zero-order valence-electron chi connectivity index (χ0n) is 17.0. The Morgan fingerprint density at radius 2 is 1.76 bits per heavy atom. The Hall–Kier alpha value is -2.38. The fourth-order valence-corrected chi connectivity index (χ4v) is 5.09. The predicted molar refractivity (Wildman–Crippen MR) is 117 cm³/mol. The molecule has 2 N–H and O–H groups in total. The second-order valence-electron chi connectivity index (χ2n) is 7.64. The molecule has 0 atom stereocenters. The first-order valence-electron chi connectivity index (χ1n) is 10.1. The third-order valence-corrected chi connectivity index (χ3v) is 6.99. The normalized spacial score (nSPS) is 15.3. The number of nitrogens with zero attached hydrogens (tertiary/aromatic N) is 1. The van der Waals surface area contributed by atoms with Crippen LogP contribution in [-0.2, 0) is 14.8 Å². The molecule has 0 radical (unpaired) electrons. The molecule has 2 aromatic rings. The first-order chi connectivity index (χ1) is 13.9. The standard InChI is InChI=1S/C22H29N3O3S/c1-17(2)20-11-4-5-12-21(20)23-16-22(26)24-18-9-8-10-19(15-18)29(27,28)25-13-6-3-7-14-25/h4-5,8-12,15,17,23H,3,6-7,13-14,16H2,1-2H3,(H,24,26). The van der Waals surface area contributed by atoms with Gasteiger partial charge in [-0.15, -0.1) is 0 Å². The summed E-state index contributed by atoms with van der Waals surface area (Å²) in [6.45, 7) is 5.42. The number of benzene rings is 2. The Balaban J connectivity index is 1.65. The molecule has 1 amide bonds. The van der Waals surface area contributed by atoms with Gasteiger partial charge in [-0.2, -0.15) is 4.31 Å². The van der Waals surface area contributed by atoms with Gasteiger partial charge in [-0.3, -0.25) is 4.79 Å². The van der Waals surface area contributed by atoms with Crippen LogP contribution in [0, 0.1) is 0 Å². The summed E-state index contributed by atoms with van der Waals surface area (Å²) >= 11 is 0. The summed E-state index contributed by atoms with van der Waals surface area (Å²) in [7, 11) is -3.52. The van der Waals surface area contributed by atoms with Crippen LogP contribution in [0.25, 0.3) is 0 Å². The van der Waals surface area contributed by atoms with Crippen molar-refractivity contribution < 1.29 is 13.2 Å². The van der Waals surface area contributed by atoms with Crippen LogP contribution in [0.15, 0.2) is 53.4 Å². The van der Waals surface area contributed by atoms with Gasteiger partial charge in [0.1, 0.15) is 0 Å². The van der Waals surface area contributed by atoms with E-state index in [1.54, 1.807) is 18.2 Å². The summed E-state index contributed by atoms with van der Waals surface area (Å²) < 4.78 is 27.2. The van der Waals surface area contributed by atoms with Crippen molar-refractivity contribution in [2.45, 2.75) is 43.9 Å². The molecular weight excluding hydrogens is 386 g/mol. The topological polar surface area (TPSA) is 78.5 Å². The van der Waals surface area contributed by atoms with Gasteiger partial charge < -0.3 is 10.6 Å². The number of hydrogen-bond acceptors (Lipinski definition) is 4. The molecule has 29 heavy (non-hydrogen) atoms. The summed E-state index contributed by atoms with van der Waals surface area (Å²) in [6.07, 6.45) is 2.84. The summed E-state index contributed by atoms with van der Waals surface area (Å²) in [6, 6.07) is 14.4. The average molecular weight is 416 g/mol. The van der Waals surface area contributed by atoms with Crippen molar-refractivity contribution in [1.29, 1.82) is 0 Å². The fourth-order valence-electron chi connectivity index (χ4n) is 3.53. The second kappa shape index (κ2) is 9.41. The van der Waals surface area contributed by atoms with Crippen molar-refractivity contribution >= 4 is 27.3 Å². The molecule has 6 nitrogen and oxygen atoms in total. The number of anilines is 2. The van der Waals surface area contributed by atoms with E-state index < -0.39 is 10.0 Å². The molecule has 1 aliphatic heterocycles. The molecule has 1 saturated heterocycles. The van der Waals surface area contributed by atoms with E-state index in [4.69, 9.17) is 0 Å². The summed E-state index contributed by atoms with van der Waals surface area (Å²) in [5.74, 6) is 0.120. The molecule has 0 aliphatic carbocycles. The van der Waals surface area contributed by atoms with Crippen LogP contribution in [0.1, 0.15) is 44.6 Å². The van der Waals surface area contributed by atoms with E-state index in [1.807, 2.05) is 24.3 Å². The van der Waals surface area contributed by atoms with E-state index in [2.05, 4.69) is 24.5 Å². The van der Waals surface area contributed by atoms with Crippen molar-refractivity contribution in [3.8, 4) is 0 Å². The Bertz CT molecular complexity index is 951. The SMILES string of the molecule is CC(C)c1ccccc1NCC(=O)Nc1cccc(S(=O)(=O)N2CCCCC2)c1. The zero-order valence-corrected chi connectivity index (χ0v) is 17.8. The lowest BCUT2D eigenvalue weighted by molar-refractivity contribution is -0.114. The monoisotopic (exact) mass is 415 g/mol. The number of rotatable bonds is 7. The van der Waals surface area contributed by atoms with E-state index in [0.29, 0.717) is 24.7 Å². The van der Waals surface area contributed by atoms with E-state index >= 15 is 0 Å². The Morgan fingerprint density at radius 1 is 1.03 bits per heavy atom. The van der Waals surface area contributed by atoms with Gasteiger partial charge in [0.25, 0.3) is 0 Å². The highest BCUT2D eigenvalue weighted by Gasteiger charge is 2.26. The van der Waals surface area contributed by atoms with Crippen LogP contribution in [0.4, 0.5) is 11.4 Å². The number of para-hydroxylation sites is 1. The maximum absolute atomic E-state index is 12.8. The summed E-state index contributed by atoms with van der Waals surface area (Å²) in [4.78, 5) is 12.6. The number of carbonyl (C=O) groups is 1. The molecule has 2 aromatic carbocycles. The van der Waals surface area contributed by atoms with Crippen LogP contribution in [0.2, 0.25) is 0 Å². The minimum Gasteiger partial charge on any atom is -0.376 e. The van der Waals surface area contributed by atoms with E-state index in [1.165, 1.54) is 10.4 Å². The lowest BCUT2D eigenvalue weighted by Gasteiger charge is -2.26. The number of hydrogen-bond donors (Lipinski definition) is 2. The second-order valence-corrected chi connectivity index (χ2v) is 9.57. The van der Waals surface area contributed by atoms with Crippen LogP contribution >= 0.6 is 0 Å². The minimum absolute atomic E-state index is 0.104. The van der Waals surface area contributed by atoms with Crippen LogP contribution < -0.4 is 10.6 Å². The molecule has 7 heteroatoms. The number of carbonyl (C=O) groups excluding carboxylic acids is 1. The molecule has 0 aromatic heterocycles. The zero-order chi connectivity index (χ0) is 20.9. The summed E-state index contributed by atoms with van der Waals surface area (Å²) in [5.41, 5.74) is 2.56. The van der Waals surface area contributed by atoms with Crippen molar-refractivity contribution in [2.75, 3.05) is 30.3 Å². The first-order valence-corrected chi connectivity index (χ1v) is 11.5. The lowest BCUT2D eigenvalue weighted by Crippen LogP contribution is -2.35. The Morgan fingerprint density at radius 3 is 2.48 bits per heavy atom. The summed E-state index contributed by atoms with van der Waals surface area (Å²) in [5, 5.41) is 5.96. The van der Waals surface area contributed by atoms with Crippen LogP contribution in [0.3, 0.4) is 0 Å². The minimum atomic E-state index is -3.52. The Kier molecular flexibility index (Phi) is 6.92. The predicted octanol–water partition coefficient (Wildman–Crippen LogP) is 4.04. The van der Waals surface area contributed by atoms with Gasteiger partial charge >= 0.3 is 0 Å². The van der Waals surface area contributed by atoms with Crippen LogP contribution in [0.5, 0.6) is 0 Å². The smallest absolute Gasteiger partial charge is 0.243 e. The third-order valence-electron chi connectivity index (χ3n) is 5.09. The fraction of sp³-hybridized carbons (Fsp3) is 0.409. The average Bonchev–Trinajstić information content (AvgIpc) is 2.73. The first kappa shape index (κ1) is 21.3. The maximum Gasteiger partial charge on any atom is 0.243 e. The van der Waals surface area contributed by atoms with E-state index in [9.17, 15) is 13.2 Å². The van der Waals surface area contributed by atoms with Gasteiger partial charge in [0, 0.05) is 24.5 Å². The van der Waals surface area contributed by atoms with Gasteiger partial charge in [0.2, 0.25) is 15.9 Å². The van der Waals surface area contributed by atoms with Gasteiger partial charge in [0.05, 0.1) is 11.4 Å². The van der Waals surface area contributed by atoms with Crippen LogP contribution in [-0.4, -0.2) is 38.3 Å². The van der Waals surface area contributed by atoms with Gasteiger partial charge in [-0.1, -0.05) is 44.5 Å². The molecule has 1 aliphatic rings. The molecular formula is C22H29N3O3S. The lowest BCUT2D eigenvalue weighted by atomic mass is 10.0. The largest absolute Gasteiger partial charge is 0.376 e. The third kappa shape index (κ3) is 5.36. The maximum atomic E-state index is 12.8. The molecule has 156 valence electrons. The number of amides is 1. The highest BCUT2D eigenvalue weighted by atomic mass is 32.2. The van der Waals surface area contributed by atoms with Gasteiger partial charge in [-0.25, -0.2) is 8.42 Å². The molecule has 0 saturated carbocycles. The van der Waals surface area contributed by atoms with Crippen molar-refractivity contribution in [1.82, 2.24) is 4.31 Å². The molecule has 0 spiro atoms. The molecule has 0 bridgehead atoms. The van der Waals surface area contributed by atoms with Crippen molar-refractivity contribution in [2.24, 2.45) is 0 Å². The number of sulfonamides is 1. The molecule has 1 fully saturated rings. The van der Waals surface area contributed by atoms with Crippen molar-refractivity contribution in [3.63, 3.8) is 0 Å². The molecule has 1 heterocycles. The van der Waals surface area contributed by atoms with Gasteiger partial charge in [-0.05, 0) is 48.6 Å². The van der Waals surface area contributed by atoms with Gasteiger partial charge in [0.15, 0.2) is 0 Å². The quantitative estimate of drug-likeness (QED) is 0.715. The number of piperidine rings is 1. The Labute approximate surface area is 173 Å². The van der Waals surface area contributed by atoms with Crippen molar-refractivity contribution in [3.05, 3.63) is 54.1 Å². The number of nitrogens with one attached hydrogen (secondary N) is 2. The highest BCUT2D eigenvalue weighted by molar-refractivity contribution is 7.89. The highest BCUT2D eigenvalue weighted by Crippen LogP contribution is 2.24. The van der Waals surface area contributed by atoms with E-state index in [-0.39, 0.29) is 17.3 Å².